The Morgan fingerprint density at radius 2 is 2.37 bits per heavy atom. The van der Waals surface area contributed by atoms with Gasteiger partial charge in [-0.2, -0.15) is 4.37 Å². The molecule has 0 fully saturated rings. The van der Waals surface area contributed by atoms with E-state index in [2.05, 4.69) is 9.36 Å². The Bertz CT molecular complexity index is 532. The predicted molar refractivity (Wildman–Crippen MR) is 74.1 cm³/mol. The largest absolute Gasteiger partial charge is 0.494 e. The van der Waals surface area contributed by atoms with Gasteiger partial charge in [-0.15, -0.1) is 0 Å². The average Bonchev–Trinajstić information content (AvgIpc) is 2.92. The summed E-state index contributed by atoms with van der Waals surface area (Å²) in [5.74, 6) is 0.534. The summed E-state index contributed by atoms with van der Waals surface area (Å²) in [7, 11) is 0. The van der Waals surface area contributed by atoms with E-state index in [1.165, 1.54) is 17.6 Å². The van der Waals surface area contributed by atoms with Gasteiger partial charge >= 0.3 is 5.97 Å². The van der Waals surface area contributed by atoms with Crippen molar-refractivity contribution in [2.45, 2.75) is 10.8 Å². The number of thioether (sulfide) groups is 1. The Morgan fingerprint density at radius 3 is 3.11 bits per heavy atom. The molecule has 0 saturated heterocycles. The zero-order chi connectivity index (χ0) is 13.5. The van der Waals surface area contributed by atoms with Crippen LogP contribution in [0.5, 0.6) is 5.75 Å². The Morgan fingerprint density at radius 1 is 1.47 bits per heavy atom. The van der Waals surface area contributed by atoms with E-state index in [4.69, 9.17) is 9.84 Å². The number of benzene rings is 1. The molecule has 19 heavy (non-hydrogen) atoms. The van der Waals surface area contributed by atoms with E-state index in [0.29, 0.717) is 12.4 Å². The second-order valence-corrected chi connectivity index (χ2v) is 5.71. The van der Waals surface area contributed by atoms with Crippen LogP contribution in [0.2, 0.25) is 0 Å². The summed E-state index contributed by atoms with van der Waals surface area (Å²) in [5, 5.41) is 8.85. The van der Waals surface area contributed by atoms with Crippen molar-refractivity contribution < 1.29 is 14.6 Å². The lowest BCUT2D eigenvalue weighted by Gasteiger charge is -2.06. The third-order valence-corrected chi connectivity index (χ3v) is 4.09. The Labute approximate surface area is 118 Å². The van der Waals surface area contributed by atoms with Crippen LogP contribution in [0.3, 0.4) is 0 Å². The molecule has 1 aromatic carbocycles. The smallest absolute Gasteiger partial charge is 0.335 e. The molecule has 0 spiro atoms. The van der Waals surface area contributed by atoms with Gasteiger partial charge in [-0.1, -0.05) is 17.8 Å². The summed E-state index contributed by atoms with van der Waals surface area (Å²) < 4.78 is 10.4. The molecule has 2 rings (SSSR count). The van der Waals surface area contributed by atoms with Crippen LogP contribution in [-0.4, -0.2) is 32.8 Å². The maximum Gasteiger partial charge on any atom is 0.335 e. The van der Waals surface area contributed by atoms with E-state index in [1.807, 2.05) is 0 Å². The predicted octanol–water partition coefficient (Wildman–Crippen LogP) is 2.80. The molecular formula is C12H12N2O3S2. The Balaban J connectivity index is 1.70. The molecule has 0 amide bonds. The number of carboxylic acids is 1. The molecule has 5 nitrogen and oxygen atoms in total. The van der Waals surface area contributed by atoms with Crippen LogP contribution in [-0.2, 0) is 0 Å². The molecule has 1 N–H and O–H groups in total. The summed E-state index contributed by atoms with van der Waals surface area (Å²) in [6, 6.07) is 6.50. The molecule has 0 atom stereocenters. The van der Waals surface area contributed by atoms with Crippen LogP contribution in [0.15, 0.2) is 34.9 Å². The molecule has 0 unspecified atom stereocenters. The minimum absolute atomic E-state index is 0.237. The van der Waals surface area contributed by atoms with E-state index in [-0.39, 0.29) is 5.56 Å². The second kappa shape index (κ2) is 7.10. The van der Waals surface area contributed by atoms with Crippen LogP contribution in [0.4, 0.5) is 0 Å². The normalized spacial score (nSPS) is 10.3. The molecule has 2 aromatic rings. The third kappa shape index (κ3) is 4.53. The van der Waals surface area contributed by atoms with Crippen LogP contribution in [0.1, 0.15) is 16.8 Å². The fourth-order valence-corrected chi connectivity index (χ4v) is 2.78. The number of ether oxygens (including phenoxy) is 1. The molecule has 1 heterocycles. The van der Waals surface area contributed by atoms with Crippen molar-refractivity contribution in [3.63, 3.8) is 0 Å². The van der Waals surface area contributed by atoms with E-state index in [0.717, 1.165) is 16.5 Å². The lowest BCUT2D eigenvalue weighted by atomic mass is 10.2. The molecule has 1 aromatic heterocycles. The molecule has 0 aliphatic carbocycles. The number of nitrogens with zero attached hydrogens (tertiary/aromatic N) is 2. The fourth-order valence-electron chi connectivity index (χ4n) is 1.35. The number of aromatic nitrogens is 2. The van der Waals surface area contributed by atoms with Crippen LogP contribution in [0, 0.1) is 0 Å². The van der Waals surface area contributed by atoms with Crippen LogP contribution >= 0.6 is 23.3 Å². The third-order valence-electron chi connectivity index (χ3n) is 2.21. The van der Waals surface area contributed by atoms with Gasteiger partial charge in [0.05, 0.1) is 12.2 Å². The van der Waals surface area contributed by atoms with Crippen molar-refractivity contribution in [3.05, 3.63) is 36.2 Å². The van der Waals surface area contributed by atoms with Crippen molar-refractivity contribution in [1.82, 2.24) is 9.36 Å². The number of hydrogen-bond acceptors (Lipinski definition) is 6. The van der Waals surface area contributed by atoms with Crippen molar-refractivity contribution in [3.8, 4) is 5.75 Å². The van der Waals surface area contributed by atoms with Gasteiger partial charge in [-0.05, 0) is 36.2 Å². The quantitative estimate of drug-likeness (QED) is 0.625. The minimum Gasteiger partial charge on any atom is -0.494 e. The fraction of sp³-hybridized carbons (Fsp3) is 0.250. The highest BCUT2D eigenvalue weighted by molar-refractivity contribution is 8.00. The first-order valence-corrected chi connectivity index (χ1v) is 7.37. The number of rotatable bonds is 7. The monoisotopic (exact) mass is 296 g/mol. The topological polar surface area (TPSA) is 72.3 Å². The van der Waals surface area contributed by atoms with Gasteiger partial charge in [0.25, 0.3) is 0 Å². The summed E-state index contributed by atoms with van der Waals surface area (Å²) in [6.07, 6.45) is 2.41. The highest BCUT2D eigenvalue weighted by Gasteiger charge is 2.03. The standard InChI is InChI=1S/C12H12N2O3S2/c15-11(16)9-3-1-4-10(7-9)17-5-2-6-18-12-13-8-14-19-12/h1,3-4,7-8H,2,5-6H2,(H,15,16). The molecule has 7 heteroatoms. The van der Waals surface area contributed by atoms with Gasteiger partial charge < -0.3 is 9.84 Å². The number of carbonyl (C=O) groups is 1. The minimum atomic E-state index is -0.947. The number of aromatic carboxylic acids is 1. The average molecular weight is 296 g/mol. The molecule has 100 valence electrons. The molecule has 0 bridgehead atoms. The molecule has 0 aliphatic rings. The van der Waals surface area contributed by atoms with Gasteiger partial charge in [-0.25, -0.2) is 9.78 Å². The van der Waals surface area contributed by atoms with Crippen LogP contribution < -0.4 is 4.74 Å². The summed E-state index contributed by atoms with van der Waals surface area (Å²) in [5.41, 5.74) is 0.237. The van der Waals surface area contributed by atoms with Gasteiger partial charge in [0.15, 0.2) is 4.34 Å². The van der Waals surface area contributed by atoms with Gasteiger partial charge in [-0.3, -0.25) is 0 Å². The van der Waals surface area contributed by atoms with E-state index in [9.17, 15) is 4.79 Å². The van der Waals surface area contributed by atoms with Gasteiger partial charge in [0.2, 0.25) is 0 Å². The summed E-state index contributed by atoms with van der Waals surface area (Å²) >= 11 is 3.02. The molecule has 0 saturated carbocycles. The Hall–Kier alpha value is -1.60. The maximum atomic E-state index is 10.8. The molecular weight excluding hydrogens is 284 g/mol. The zero-order valence-electron chi connectivity index (χ0n) is 9.98. The van der Waals surface area contributed by atoms with Gasteiger partial charge in [0, 0.05) is 5.75 Å². The van der Waals surface area contributed by atoms with Crippen LogP contribution in [0.25, 0.3) is 0 Å². The van der Waals surface area contributed by atoms with Crippen molar-refractivity contribution >= 4 is 29.3 Å². The first-order chi connectivity index (χ1) is 9.25. The Kier molecular flexibility index (Phi) is 5.17. The lowest BCUT2D eigenvalue weighted by molar-refractivity contribution is 0.0696. The highest BCUT2D eigenvalue weighted by atomic mass is 32.2. The first kappa shape index (κ1) is 13.8. The SMILES string of the molecule is O=C(O)c1cccc(OCCCSc2ncns2)c1. The lowest BCUT2D eigenvalue weighted by Crippen LogP contribution is -2.01. The summed E-state index contributed by atoms with van der Waals surface area (Å²) in [6.45, 7) is 0.550. The van der Waals surface area contributed by atoms with Crippen molar-refractivity contribution in [2.75, 3.05) is 12.4 Å². The van der Waals surface area contributed by atoms with Crippen molar-refractivity contribution in [1.29, 1.82) is 0 Å². The number of hydrogen-bond donors (Lipinski definition) is 1. The second-order valence-electron chi connectivity index (χ2n) is 3.59. The molecule has 0 radical (unpaired) electrons. The number of carboxylic acid groups (broad SMARTS) is 1. The van der Waals surface area contributed by atoms with Crippen molar-refractivity contribution in [2.24, 2.45) is 0 Å². The summed E-state index contributed by atoms with van der Waals surface area (Å²) in [4.78, 5) is 14.9. The van der Waals surface area contributed by atoms with E-state index >= 15 is 0 Å². The van der Waals surface area contributed by atoms with E-state index < -0.39 is 5.97 Å². The highest BCUT2D eigenvalue weighted by Crippen LogP contribution is 2.19. The van der Waals surface area contributed by atoms with E-state index in [1.54, 1.807) is 36.3 Å². The zero-order valence-corrected chi connectivity index (χ0v) is 11.6. The molecule has 0 aliphatic heterocycles. The van der Waals surface area contributed by atoms with Gasteiger partial charge in [0.1, 0.15) is 12.1 Å². The maximum absolute atomic E-state index is 10.8. The first-order valence-electron chi connectivity index (χ1n) is 5.61.